The van der Waals surface area contributed by atoms with E-state index in [1.807, 2.05) is 4.90 Å². The SMILES string of the molecule is CC1CN(C(=O)C[C@@H]2CCC[C@H]2N)CC1C. The van der Waals surface area contributed by atoms with Gasteiger partial charge in [0.1, 0.15) is 0 Å². The van der Waals surface area contributed by atoms with E-state index in [0.29, 0.717) is 30.1 Å². The topological polar surface area (TPSA) is 46.3 Å². The fourth-order valence-corrected chi connectivity index (χ4v) is 3.01. The number of hydrogen-bond donors (Lipinski definition) is 1. The van der Waals surface area contributed by atoms with Gasteiger partial charge in [-0.25, -0.2) is 0 Å². The molecule has 1 aliphatic heterocycles. The number of amides is 1. The summed E-state index contributed by atoms with van der Waals surface area (Å²) in [6.45, 7) is 6.36. The molecule has 0 aromatic carbocycles. The summed E-state index contributed by atoms with van der Waals surface area (Å²) in [5.74, 6) is 2.08. The quantitative estimate of drug-likeness (QED) is 0.774. The standard InChI is InChI=1S/C13H24N2O/c1-9-7-15(8-10(9)2)13(16)6-11-4-3-5-12(11)14/h9-12H,3-8,14H2,1-2H3/t9?,10?,11-,12+/m0/s1. The third-order valence-corrected chi connectivity index (χ3v) is 4.50. The Morgan fingerprint density at radius 3 is 2.38 bits per heavy atom. The predicted octanol–water partition coefficient (Wildman–Crippen LogP) is 1.62. The van der Waals surface area contributed by atoms with Gasteiger partial charge in [0.25, 0.3) is 0 Å². The summed E-state index contributed by atoms with van der Waals surface area (Å²) < 4.78 is 0. The molecule has 3 nitrogen and oxygen atoms in total. The molecule has 0 aromatic heterocycles. The van der Waals surface area contributed by atoms with Crippen LogP contribution < -0.4 is 5.73 Å². The normalized spacial score (nSPS) is 39.3. The lowest BCUT2D eigenvalue weighted by Gasteiger charge is -2.20. The van der Waals surface area contributed by atoms with E-state index >= 15 is 0 Å². The first kappa shape index (κ1) is 11.9. The molecule has 0 radical (unpaired) electrons. The number of carbonyl (C=O) groups is 1. The van der Waals surface area contributed by atoms with Crippen LogP contribution in [0.3, 0.4) is 0 Å². The first-order valence-corrected chi connectivity index (χ1v) is 6.61. The Morgan fingerprint density at radius 2 is 1.88 bits per heavy atom. The lowest BCUT2D eigenvalue weighted by Crippen LogP contribution is -2.34. The van der Waals surface area contributed by atoms with Crippen LogP contribution in [0.1, 0.15) is 39.5 Å². The summed E-state index contributed by atoms with van der Waals surface area (Å²) >= 11 is 0. The average molecular weight is 224 g/mol. The van der Waals surface area contributed by atoms with Gasteiger partial charge in [0, 0.05) is 25.6 Å². The van der Waals surface area contributed by atoms with Crippen molar-refractivity contribution in [2.24, 2.45) is 23.5 Å². The van der Waals surface area contributed by atoms with E-state index in [0.717, 1.165) is 25.9 Å². The van der Waals surface area contributed by atoms with Gasteiger partial charge in [-0.2, -0.15) is 0 Å². The van der Waals surface area contributed by atoms with Crippen molar-refractivity contribution in [2.75, 3.05) is 13.1 Å². The molecule has 0 bridgehead atoms. The summed E-state index contributed by atoms with van der Waals surface area (Å²) in [6.07, 6.45) is 4.13. The van der Waals surface area contributed by atoms with E-state index < -0.39 is 0 Å². The Morgan fingerprint density at radius 1 is 1.25 bits per heavy atom. The fourth-order valence-electron chi connectivity index (χ4n) is 3.01. The van der Waals surface area contributed by atoms with Crippen LogP contribution in [0.2, 0.25) is 0 Å². The lowest BCUT2D eigenvalue weighted by molar-refractivity contribution is -0.131. The molecule has 16 heavy (non-hydrogen) atoms. The molecule has 0 aromatic rings. The minimum absolute atomic E-state index is 0.265. The Kier molecular flexibility index (Phi) is 3.53. The Labute approximate surface area is 98.4 Å². The smallest absolute Gasteiger partial charge is 0.222 e. The first-order chi connectivity index (χ1) is 7.58. The Hall–Kier alpha value is -0.570. The Balaban J connectivity index is 1.84. The summed E-state index contributed by atoms with van der Waals surface area (Å²) in [6, 6.07) is 0.265. The number of likely N-dealkylation sites (tertiary alicyclic amines) is 1. The zero-order valence-corrected chi connectivity index (χ0v) is 10.5. The second-order valence-corrected chi connectivity index (χ2v) is 5.81. The zero-order valence-electron chi connectivity index (χ0n) is 10.5. The van der Waals surface area contributed by atoms with E-state index in [9.17, 15) is 4.79 Å². The van der Waals surface area contributed by atoms with Crippen molar-refractivity contribution in [2.45, 2.75) is 45.6 Å². The van der Waals surface area contributed by atoms with Gasteiger partial charge in [0.15, 0.2) is 0 Å². The number of nitrogens with zero attached hydrogens (tertiary/aromatic N) is 1. The highest BCUT2D eigenvalue weighted by Crippen LogP contribution is 2.29. The van der Waals surface area contributed by atoms with E-state index in [1.165, 1.54) is 6.42 Å². The van der Waals surface area contributed by atoms with Crippen LogP contribution in [0.5, 0.6) is 0 Å². The lowest BCUT2D eigenvalue weighted by atomic mass is 9.99. The molecule has 1 aliphatic carbocycles. The molecule has 92 valence electrons. The maximum Gasteiger partial charge on any atom is 0.222 e. The van der Waals surface area contributed by atoms with Gasteiger partial charge < -0.3 is 10.6 Å². The maximum atomic E-state index is 12.1. The van der Waals surface area contributed by atoms with Gasteiger partial charge in [-0.1, -0.05) is 20.3 Å². The zero-order chi connectivity index (χ0) is 11.7. The maximum absolute atomic E-state index is 12.1. The van der Waals surface area contributed by atoms with Gasteiger partial charge in [-0.3, -0.25) is 4.79 Å². The van der Waals surface area contributed by atoms with Crippen LogP contribution in [0.15, 0.2) is 0 Å². The molecule has 1 heterocycles. The van der Waals surface area contributed by atoms with Crippen molar-refractivity contribution in [1.82, 2.24) is 4.90 Å². The molecular formula is C13H24N2O. The summed E-state index contributed by atoms with van der Waals surface area (Å²) in [4.78, 5) is 14.2. The molecule has 1 saturated heterocycles. The van der Waals surface area contributed by atoms with Crippen molar-refractivity contribution in [3.8, 4) is 0 Å². The van der Waals surface area contributed by atoms with Gasteiger partial charge in [-0.05, 0) is 30.6 Å². The molecule has 2 aliphatic rings. The molecule has 1 amide bonds. The summed E-state index contributed by atoms with van der Waals surface area (Å²) in [5, 5.41) is 0. The minimum Gasteiger partial charge on any atom is -0.342 e. The molecule has 1 saturated carbocycles. The van der Waals surface area contributed by atoms with Gasteiger partial charge in [0.05, 0.1) is 0 Å². The van der Waals surface area contributed by atoms with E-state index in [2.05, 4.69) is 13.8 Å². The molecule has 4 atom stereocenters. The number of carbonyl (C=O) groups excluding carboxylic acids is 1. The van der Waals surface area contributed by atoms with Crippen molar-refractivity contribution in [3.05, 3.63) is 0 Å². The van der Waals surface area contributed by atoms with E-state index in [4.69, 9.17) is 5.73 Å². The monoisotopic (exact) mass is 224 g/mol. The van der Waals surface area contributed by atoms with Crippen molar-refractivity contribution >= 4 is 5.91 Å². The summed E-state index contributed by atoms with van der Waals surface area (Å²) in [5.41, 5.74) is 6.01. The van der Waals surface area contributed by atoms with E-state index in [1.54, 1.807) is 0 Å². The van der Waals surface area contributed by atoms with Crippen LogP contribution in [-0.4, -0.2) is 29.9 Å². The molecule has 2 N–H and O–H groups in total. The molecule has 2 fully saturated rings. The first-order valence-electron chi connectivity index (χ1n) is 6.61. The molecular weight excluding hydrogens is 200 g/mol. The highest BCUT2D eigenvalue weighted by molar-refractivity contribution is 5.76. The molecule has 2 unspecified atom stereocenters. The fraction of sp³-hybridized carbons (Fsp3) is 0.923. The van der Waals surface area contributed by atoms with Crippen molar-refractivity contribution in [1.29, 1.82) is 0 Å². The minimum atomic E-state index is 0.265. The average Bonchev–Trinajstić information content (AvgIpc) is 2.76. The predicted molar refractivity (Wildman–Crippen MR) is 64.8 cm³/mol. The third kappa shape index (κ3) is 2.40. The largest absolute Gasteiger partial charge is 0.342 e. The second kappa shape index (κ2) is 4.74. The van der Waals surface area contributed by atoms with Crippen molar-refractivity contribution in [3.63, 3.8) is 0 Å². The highest BCUT2D eigenvalue weighted by atomic mass is 16.2. The van der Waals surface area contributed by atoms with E-state index in [-0.39, 0.29) is 6.04 Å². The number of rotatable bonds is 2. The highest BCUT2D eigenvalue weighted by Gasteiger charge is 2.32. The molecule has 2 rings (SSSR count). The second-order valence-electron chi connectivity index (χ2n) is 5.81. The summed E-state index contributed by atoms with van der Waals surface area (Å²) in [7, 11) is 0. The van der Waals surface area contributed by atoms with Crippen LogP contribution in [0.25, 0.3) is 0 Å². The molecule has 0 spiro atoms. The van der Waals surface area contributed by atoms with Crippen LogP contribution in [-0.2, 0) is 4.79 Å². The van der Waals surface area contributed by atoms with Gasteiger partial charge >= 0.3 is 0 Å². The van der Waals surface area contributed by atoms with Crippen LogP contribution >= 0.6 is 0 Å². The van der Waals surface area contributed by atoms with Crippen LogP contribution in [0, 0.1) is 17.8 Å². The van der Waals surface area contributed by atoms with Gasteiger partial charge in [-0.15, -0.1) is 0 Å². The third-order valence-electron chi connectivity index (χ3n) is 4.50. The Bertz CT molecular complexity index is 257. The number of nitrogens with two attached hydrogens (primary N) is 1. The van der Waals surface area contributed by atoms with Gasteiger partial charge in [0.2, 0.25) is 5.91 Å². The van der Waals surface area contributed by atoms with Crippen LogP contribution in [0.4, 0.5) is 0 Å². The van der Waals surface area contributed by atoms with Crippen molar-refractivity contribution < 1.29 is 4.79 Å². The number of hydrogen-bond acceptors (Lipinski definition) is 2. The molecule has 3 heteroatoms.